The Labute approximate surface area is 123 Å². The largest absolute Gasteiger partial charge is 0.481 e. The van der Waals surface area contributed by atoms with Gasteiger partial charge in [0.25, 0.3) is 5.91 Å². The van der Waals surface area contributed by atoms with E-state index in [2.05, 4.69) is 22.9 Å². The molecule has 2 aromatic rings. The second-order valence-corrected chi connectivity index (χ2v) is 4.90. The van der Waals surface area contributed by atoms with Crippen molar-refractivity contribution in [1.82, 2.24) is 10.3 Å². The SMILES string of the molecule is COc1cc(CNC(=O)c2cc(S)ccc2C)ccn1. The van der Waals surface area contributed by atoms with Crippen LogP contribution in [-0.2, 0) is 6.54 Å². The van der Waals surface area contributed by atoms with Crippen molar-refractivity contribution in [3.8, 4) is 5.88 Å². The average Bonchev–Trinajstić information content (AvgIpc) is 2.47. The van der Waals surface area contributed by atoms with E-state index in [0.717, 1.165) is 16.0 Å². The first-order valence-corrected chi connectivity index (χ1v) is 6.61. The van der Waals surface area contributed by atoms with E-state index in [0.29, 0.717) is 18.0 Å². The van der Waals surface area contributed by atoms with E-state index in [1.54, 1.807) is 25.4 Å². The molecule has 0 unspecified atom stereocenters. The first-order chi connectivity index (χ1) is 9.60. The van der Waals surface area contributed by atoms with Crippen LogP contribution in [0.5, 0.6) is 5.88 Å². The lowest BCUT2D eigenvalue weighted by Gasteiger charge is -2.09. The van der Waals surface area contributed by atoms with Gasteiger partial charge in [-0.15, -0.1) is 12.6 Å². The topological polar surface area (TPSA) is 51.2 Å². The number of carbonyl (C=O) groups excluding carboxylic acids is 1. The van der Waals surface area contributed by atoms with Crippen LogP contribution in [0.15, 0.2) is 41.4 Å². The summed E-state index contributed by atoms with van der Waals surface area (Å²) in [6.07, 6.45) is 1.65. The first kappa shape index (κ1) is 14.4. The molecule has 20 heavy (non-hydrogen) atoms. The van der Waals surface area contributed by atoms with Crippen LogP contribution in [0.25, 0.3) is 0 Å². The van der Waals surface area contributed by atoms with Crippen molar-refractivity contribution in [2.24, 2.45) is 0 Å². The van der Waals surface area contributed by atoms with E-state index in [1.165, 1.54) is 0 Å². The fourth-order valence-corrected chi connectivity index (χ4v) is 2.01. The van der Waals surface area contributed by atoms with Gasteiger partial charge in [-0.2, -0.15) is 0 Å². The van der Waals surface area contributed by atoms with Crippen LogP contribution in [0.2, 0.25) is 0 Å². The maximum atomic E-state index is 12.2. The number of pyridine rings is 1. The van der Waals surface area contributed by atoms with Crippen molar-refractivity contribution in [2.75, 3.05) is 7.11 Å². The van der Waals surface area contributed by atoms with Crippen molar-refractivity contribution in [1.29, 1.82) is 0 Å². The van der Waals surface area contributed by atoms with Gasteiger partial charge in [0.15, 0.2) is 0 Å². The number of nitrogens with zero attached hydrogens (tertiary/aromatic N) is 1. The Balaban J connectivity index is 2.06. The minimum atomic E-state index is -0.117. The van der Waals surface area contributed by atoms with Crippen LogP contribution in [0.1, 0.15) is 21.5 Å². The van der Waals surface area contributed by atoms with Gasteiger partial charge in [0.1, 0.15) is 0 Å². The number of ether oxygens (including phenoxy) is 1. The highest BCUT2D eigenvalue weighted by Gasteiger charge is 2.09. The predicted molar refractivity (Wildman–Crippen MR) is 80.4 cm³/mol. The first-order valence-electron chi connectivity index (χ1n) is 6.17. The Bertz CT molecular complexity index is 629. The summed E-state index contributed by atoms with van der Waals surface area (Å²) in [6.45, 7) is 2.32. The van der Waals surface area contributed by atoms with Crippen molar-refractivity contribution < 1.29 is 9.53 Å². The van der Waals surface area contributed by atoms with Crippen molar-refractivity contribution in [2.45, 2.75) is 18.4 Å². The third-order valence-electron chi connectivity index (χ3n) is 2.93. The molecule has 2 rings (SSSR count). The molecule has 4 nitrogen and oxygen atoms in total. The zero-order valence-corrected chi connectivity index (χ0v) is 12.3. The minimum absolute atomic E-state index is 0.117. The van der Waals surface area contributed by atoms with Gasteiger partial charge in [-0.3, -0.25) is 4.79 Å². The highest BCUT2D eigenvalue weighted by atomic mass is 32.1. The number of carbonyl (C=O) groups is 1. The molecule has 0 atom stereocenters. The molecule has 104 valence electrons. The molecule has 0 saturated heterocycles. The van der Waals surface area contributed by atoms with Gasteiger partial charge in [-0.05, 0) is 36.2 Å². The molecule has 5 heteroatoms. The molecular formula is C15H16N2O2S. The summed E-state index contributed by atoms with van der Waals surface area (Å²) >= 11 is 4.26. The number of hydrogen-bond acceptors (Lipinski definition) is 4. The summed E-state index contributed by atoms with van der Waals surface area (Å²) in [7, 11) is 1.56. The lowest BCUT2D eigenvalue weighted by molar-refractivity contribution is 0.0950. The molecule has 1 amide bonds. The van der Waals surface area contributed by atoms with E-state index in [4.69, 9.17) is 4.74 Å². The fraction of sp³-hybridized carbons (Fsp3) is 0.200. The number of benzene rings is 1. The van der Waals surface area contributed by atoms with Gasteiger partial charge < -0.3 is 10.1 Å². The molecule has 1 aromatic carbocycles. The summed E-state index contributed by atoms with van der Waals surface area (Å²) in [5.41, 5.74) is 2.50. The third kappa shape index (κ3) is 3.51. The lowest BCUT2D eigenvalue weighted by atomic mass is 10.1. The maximum absolute atomic E-state index is 12.2. The Morgan fingerprint density at radius 3 is 2.90 bits per heavy atom. The summed E-state index contributed by atoms with van der Waals surface area (Å²) in [6, 6.07) is 9.14. The number of aryl methyl sites for hydroxylation is 1. The molecule has 1 N–H and O–H groups in total. The number of rotatable bonds is 4. The van der Waals surface area contributed by atoms with Crippen LogP contribution in [0.3, 0.4) is 0 Å². The summed E-state index contributed by atoms with van der Waals surface area (Å²) in [5.74, 6) is 0.416. The molecule has 0 spiro atoms. The van der Waals surface area contributed by atoms with Crippen molar-refractivity contribution >= 4 is 18.5 Å². The van der Waals surface area contributed by atoms with Gasteiger partial charge in [0, 0.05) is 29.3 Å². The molecule has 0 radical (unpaired) electrons. The smallest absolute Gasteiger partial charge is 0.251 e. The lowest BCUT2D eigenvalue weighted by Crippen LogP contribution is -2.23. The van der Waals surface area contributed by atoms with Crippen LogP contribution in [0.4, 0.5) is 0 Å². The van der Waals surface area contributed by atoms with Crippen LogP contribution in [-0.4, -0.2) is 18.0 Å². The zero-order chi connectivity index (χ0) is 14.5. The summed E-state index contributed by atoms with van der Waals surface area (Å²) in [5, 5.41) is 2.88. The summed E-state index contributed by atoms with van der Waals surface area (Å²) < 4.78 is 5.05. The van der Waals surface area contributed by atoms with E-state index in [1.807, 2.05) is 25.1 Å². The Morgan fingerprint density at radius 2 is 2.15 bits per heavy atom. The second kappa shape index (κ2) is 6.43. The van der Waals surface area contributed by atoms with Gasteiger partial charge in [0.2, 0.25) is 5.88 Å². The number of nitrogens with one attached hydrogen (secondary N) is 1. The van der Waals surface area contributed by atoms with Crippen LogP contribution >= 0.6 is 12.6 Å². The molecule has 0 fully saturated rings. The van der Waals surface area contributed by atoms with Gasteiger partial charge in [-0.25, -0.2) is 4.98 Å². The van der Waals surface area contributed by atoms with E-state index in [-0.39, 0.29) is 5.91 Å². The normalized spacial score (nSPS) is 10.2. The van der Waals surface area contributed by atoms with Gasteiger partial charge in [-0.1, -0.05) is 6.07 Å². The molecule has 0 aliphatic carbocycles. The molecule has 0 bridgehead atoms. The number of thiol groups is 1. The van der Waals surface area contributed by atoms with E-state index in [9.17, 15) is 4.79 Å². The molecular weight excluding hydrogens is 272 g/mol. The standard InChI is InChI=1S/C15H16N2O2S/c1-10-3-4-12(20)8-13(10)15(18)17-9-11-5-6-16-14(7-11)19-2/h3-8,20H,9H2,1-2H3,(H,17,18). The predicted octanol–water partition coefficient (Wildman–Crippen LogP) is 2.62. The molecule has 0 aliphatic rings. The highest BCUT2D eigenvalue weighted by Crippen LogP contribution is 2.14. The fourth-order valence-electron chi connectivity index (χ4n) is 1.80. The number of methoxy groups -OCH3 is 1. The highest BCUT2D eigenvalue weighted by molar-refractivity contribution is 7.80. The molecule has 1 aromatic heterocycles. The quantitative estimate of drug-likeness (QED) is 0.850. The van der Waals surface area contributed by atoms with Crippen LogP contribution < -0.4 is 10.1 Å². The van der Waals surface area contributed by atoms with E-state index >= 15 is 0 Å². The molecule has 0 saturated carbocycles. The summed E-state index contributed by atoms with van der Waals surface area (Å²) in [4.78, 5) is 16.9. The Hall–Kier alpha value is -2.01. The Morgan fingerprint density at radius 1 is 1.35 bits per heavy atom. The number of amides is 1. The number of hydrogen-bond donors (Lipinski definition) is 2. The maximum Gasteiger partial charge on any atom is 0.251 e. The number of aromatic nitrogens is 1. The monoisotopic (exact) mass is 288 g/mol. The van der Waals surface area contributed by atoms with Crippen molar-refractivity contribution in [3.63, 3.8) is 0 Å². The van der Waals surface area contributed by atoms with E-state index < -0.39 is 0 Å². The van der Waals surface area contributed by atoms with Gasteiger partial charge in [0.05, 0.1) is 7.11 Å². The van der Waals surface area contributed by atoms with Crippen LogP contribution in [0, 0.1) is 6.92 Å². The zero-order valence-electron chi connectivity index (χ0n) is 11.4. The minimum Gasteiger partial charge on any atom is -0.481 e. The second-order valence-electron chi connectivity index (χ2n) is 4.39. The van der Waals surface area contributed by atoms with Gasteiger partial charge >= 0.3 is 0 Å². The molecule has 0 aliphatic heterocycles. The molecule has 1 heterocycles. The van der Waals surface area contributed by atoms with Crippen molar-refractivity contribution in [3.05, 3.63) is 53.2 Å². The third-order valence-corrected chi connectivity index (χ3v) is 3.21. The average molecular weight is 288 g/mol. The Kier molecular flexibility index (Phi) is 4.63.